The van der Waals surface area contributed by atoms with E-state index in [4.69, 9.17) is 4.74 Å². The van der Waals surface area contributed by atoms with Gasteiger partial charge in [0.1, 0.15) is 6.61 Å². The largest absolute Gasteiger partial charge is 0.373 e. The van der Waals surface area contributed by atoms with Crippen molar-refractivity contribution in [1.82, 2.24) is 0 Å². The van der Waals surface area contributed by atoms with Crippen molar-refractivity contribution in [1.29, 1.82) is 0 Å². The van der Waals surface area contributed by atoms with Gasteiger partial charge in [0.25, 0.3) is 0 Å². The molecular formula is C7H12O2. The van der Waals surface area contributed by atoms with Gasteiger partial charge >= 0.3 is 0 Å². The lowest BCUT2D eigenvalue weighted by molar-refractivity contribution is -0.129. The average molecular weight is 128 g/mol. The maximum absolute atomic E-state index is 10.7. The van der Waals surface area contributed by atoms with Gasteiger partial charge in [0.2, 0.25) is 0 Å². The van der Waals surface area contributed by atoms with Gasteiger partial charge in [-0.3, -0.25) is 4.79 Å². The second-order valence-electron chi connectivity index (χ2n) is 2.53. The lowest BCUT2D eigenvalue weighted by atomic mass is 9.99. The Bertz CT molecular complexity index is 109. The lowest BCUT2D eigenvalue weighted by Gasteiger charge is -2.18. The van der Waals surface area contributed by atoms with Gasteiger partial charge in [-0.05, 0) is 5.92 Å². The van der Waals surface area contributed by atoms with E-state index in [2.05, 4.69) is 6.92 Å². The van der Waals surface area contributed by atoms with E-state index in [9.17, 15) is 4.79 Å². The molecule has 1 atom stereocenters. The summed E-state index contributed by atoms with van der Waals surface area (Å²) >= 11 is 0. The van der Waals surface area contributed by atoms with Crippen LogP contribution in [0, 0.1) is 5.92 Å². The maximum atomic E-state index is 10.7. The Labute approximate surface area is 55.2 Å². The van der Waals surface area contributed by atoms with Crippen molar-refractivity contribution >= 4 is 5.78 Å². The first-order chi connectivity index (χ1) is 4.33. The van der Waals surface area contributed by atoms with Gasteiger partial charge in [0.05, 0.1) is 6.61 Å². The Hall–Kier alpha value is -0.370. The molecule has 9 heavy (non-hydrogen) atoms. The molecule has 1 saturated heterocycles. The molecule has 2 nitrogen and oxygen atoms in total. The molecule has 0 N–H and O–H groups in total. The maximum Gasteiger partial charge on any atom is 0.158 e. The molecule has 1 fully saturated rings. The molecule has 1 aliphatic heterocycles. The Kier molecular flexibility index (Phi) is 2.22. The molecule has 0 amide bonds. The summed E-state index contributed by atoms with van der Waals surface area (Å²) in [5, 5.41) is 0. The highest BCUT2D eigenvalue weighted by Crippen LogP contribution is 2.13. The molecule has 1 heterocycles. The molecule has 0 bridgehead atoms. The first-order valence-corrected chi connectivity index (χ1v) is 3.42. The van der Waals surface area contributed by atoms with Gasteiger partial charge in [-0.1, -0.05) is 13.3 Å². The van der Waals surface area contributed by atoms with Crippen molar-refractivity contribution in [2.45, 2.75) is 19.8 Å². The zero-order valence-corrected chi connectivity index (χ0v) is 5.72. The average Bonchev–Trinajstić information content (AvgIpc) is 1.88. The summed E-state index contributed by atoms with van der Waals surface area (Å²) in [5.41, 5.74) is 0. The van der Waals surface area contributed by atoms with E-state index in [-0.39, 0.29) is 5.78 Å². The van der Waals surface area contributed by atoms with Gasteiger partial charge in [-0.25, -0.2) is 0 Å². The van der Waals surface area contributed by atoms with E-state index in [1.165, 1.54) is 0 Å². The van der Waals surface area contributed by atoms with Crippen molar-refractivity contribution in [3.63, 3.8) is 0 Å². The Morgan fingerprint density at radius 3 is 3.00 bits per heavy atom. The predicted octanol–water partition coefficient (Wildman–Crippen LogP) is 1.00. The van der Waals surface area contributed by atoms with Crippen molar-refractivity contribution < 1.29 is 9.53 Å². The molecular weight excluding hydrogens is 116 g/mol. The normalized spacial score (nSPS) is 28.6. The van der Waals surface area contributed by atoms with Crippen LogP contribution in [0.3, 0.4) is 0 Å². The van der Waals surface area contributed by atoms with E-state index in [1.807, 2.05) is 0 Å². The first-order valence-electron chi connectivity index (χ1n) is 3.42. The fraction of sp³-hybridized carbons (Fsp3) is 0.857. The van der Waals surface area contributed by atoms with E-state index in [1.54, 1.807) is 0 Å². The van der Waals surface area contributed by atoms with Gasteiger partial charge in [-0.2, -0.15) is 0 Å². The SMILES string of the molecule is CC[C@@H]1COCC(=O)C1. The quantitative estimate of drug-likeness (QED) is 0.526. The van der Waals surface area contributed by atoms with Gasteiger partial charge < -0.3 is 4.74 Å². The molecule has 1 aliphatic rings. The number of Topliss-reactive ketones (excluding diaryl/α,β-unsaturated/α-hetero) is 1. The van der Waals surface area contributed by atoms with Gasteiger partial charge in [0.15, 0.2) is 5.78 Å². The summed E-state index contributed by atoms with van der Waals surface area (Å²) in [6, 6.07) is 0. The minimum absolute atomic E-state index is 0.258. The predicted molar refractivity (Wildman–Crippen MR) is 34.2 cm³/mol. The molecule has 0 saturated carbocycles. The van der Waals surface area contributed by atoms with Crippen LogP contribution in [-0.2, 0) is 9.53 Å². The van der Waals surface area contributed by atoms with Crippen molar-refractivity contribution in [3.05, 3.63) is 0 Å². The zero-order chi connectivity index (χ0) is 6.69. The highest BCUT2D eigenvalue weighted by Gasteiger charge is 2.17. The van der Waals surface area contributed by atoms with Gasteiger partial charge in [-0.15, -0.1) is 0 Å². The van der Waals surface area contributed by atoms with Crippen LogP contribution in [-0.4, -0.2) is 19.0 Å². The minimum atomic E-state index is 0.258. The monoisotopic (exact) mass is 128 g/mol. The Balaban J connectivity index is 2.32. The smallest absolute Gasteiger partial charge is 0.158 e. The topological polar surface area (TPSA) is 26.3 Å². The van der Waals surface area contributed by atoms with Crippen molar-refractivity contribution in [3.8, 4) is 0 Å². The fourth-order valence-corrected chi connectivity index (χ4v) is 1.04. The summed E-state index contributed by atoms with van der Waals surface area (Å²) in [4.78, 5) is 10.7. The third-order valence-electron chi connectivity index (χ3n) is 1.71. The minimum Gasteiger partial charge on any atom is -0.373 e. The second-order valence-corrected chi connectivity index (χ2v) is 2.53. The molecule has 0 unspecified atom stereocenters. The molecule has 52 valence electrons. The Morgan fingerprint density at radius 1 is 1.78 bits per heavy atom. The first kappa shape index (κ1) is 6.75. The summed E-state index contributed by atoms with van der Waals surface area (Å²) in [6.07, 6.45) is 1.79. The summed E-state index contributed by atoms with van der Waals surface area (Å²) < 4.78 is 5.04. The fourth-order valence-electron chi connectivity index (χ4n) is 1.04. The van der Waals surface area contributed by atoms with Gasteiger partial charge in [0, 0.05) is 6.42 Å². The molecule has 0 radical (unpaired) electrons. The number of hydrogen-bond donors (Lipinski definition) is 0. The molecule has 0 aliphatic carbocycles. The summed E-state index contributed by atoms with van der Waals surface area (Å²) in [7, 11) is 0. The number of ketones is 1. The highest BCUT2D eigenvalue weighted by atomic mass is 16.5. The van der Waals surface area contributed by atoms with Crippen LogP contribution in [0.2, 0.25) is 0 Å². The number of ether oxygens (including phenoxy) is 1. The third-order valence-corrected chi connectivity index (χ3v) is 1.71. The standard InChI is InChI=1S/C7H12O2/c1-2-6-3-7(8)5-9-4-6/h6H,2-5H2,1H3/t6-/m0/s1. The lowest BCUT2D eigenvalue weighted by Crippen LogP contribution is -2.24. The second kappa shape index (κ2) is 2.97. The molecule has 0 spiro atoms. The van der Waals surface area contributed by atoms with E-state index in [0.717, 1.165) is 19.4 Å². The molecule has 2 heteroatoms. The summed E-state index contributed by atoms with van der Waals surface area (Å²) in [5.74, 6) is 0.749. The van der Waals surface area contributed by atoms with E-state index >= 15 is 0 Å². The van der Waals surface area contributed by atoms with Crippen LogP contribution in [0.4, 0.5) is 0 Å². The zero-order valence-electron chi connectivity index (χ0n) is 5.72. The van der Waals surface area contributed by atoms with E-state index < -0.39 is 0 Å². The van der Waals surface area contributed by atoms with Crippen LogP contribution in [0.1, 0.15) is 19.8 Å². The summed E-state index contributed by atoms with van der Waals surface area (Å²) in [6.45, 7) is 3.21. The number of carbonyl (C=O) groups excluding carboxylic acids is 1. The van der Waals surface area contributed by atoms with Crippen LogP contribution < -0.4 is 0 Å². The van der Waals surface area contributed by atoms with Crippen molar-refractivity contribution in [2.24, 2.45) is 5.92 Å². The van der Waals surface area contributed by atoms with Crippen molar-refractivity contribution in [2.75, 3.05) is 13.2 Å². The van der Waals surface area contributed by atoms with Crippen LogP contribution in [0.15, 0.2) is 0 Å². The molecule has 1 rings (SSSR count). The molecule has 0 aromatic rings. The molecule has 0 aromatic carbocycles. The number of rotatable bonds is 1. The Morgan fingerprint density at radius 2 is 2.56 bits per heavy atom. The van der Waals surface area contributed by atoms with E-state index in [0.29, 0.717) is 12.5 Å². The third kappa shape index (κ3) is 1.79. The number of carbonyl (C=O) groups is 1. The van der Waals surface area contributed by atoms with Crippen LogP contribution in [0.25, 0.3) is 0 Å². The van der Waals surface area contributed by atoms with Crippen LogP contribution >= 0.6 is 0 Å². The van der Waals surface area contributed by atoms with Crippen LogP contribution in [0.5, 0.6) is 0 Å². The highest BCUT2D eigenvalue weighted by molar-refractivity contribution is 5.80. The molecule has 0 aromatic heterocycles. The number of hydrogen-bond acceptors (Lipinski definition) is 2.